The Hall–Kier alpha value is -2.86. The molecular formula is C18H26N6O5S. The fraction of sp³-hybridized carbons (Fsp3) is 0.556. The first-order valence-corrected chi connectivity index (χ1v) is 10.1. The van der Waals surface area contributed by atoms with E-state index in [1.54, 1.807) is 0 Å². The number of likely N-dealkylation sites (N-methyl/N-ethyl adjacent to an activating group) is 1. The van der Waals surface area contributed by atoms with E-state index in [2.05, 4.69) is 25.7 Å². The second kappa shape index (κ2) is 10.8. The number of methoxy groups -OCH3 is 1. The minimum atomic E-state index is -0.250. The van der Waals surface area contributed by atoms with Gasteiger partial charge in [0.2, 0.25) is 0 Å². The molecule has 1 saturated heterocycles. The molecule has 1 fully saturated rings. The number of carbonyl (C=O) groups excluding carboxylic acids is 2. The number of esters is 1. The van der Waals surface area contributed by atoms with Gasteiger partial charge in [-0.15, -0.1) is 16.4 Å². The highest BCUT2D eigenvalue weighted by Crippen LogP contribution is 2.30. The fourth-order valence-electron chi connectivity index (χ4n) is 3.45. The second-order valence-electron chi connectivity index (χ2n) is 6.86. The molecule has 2 N–H and O–H groups in total. The van der Waals surface area contributed by atoms with Crippen LogP contribution in [0.5, 0.6) is 0 Å². The van der Waals surface area contributed by atoms with E-state index in [-0.39, 0.29) is 30.4 Å². The molecule has 1 amide bonds. The van der Waals surface area contributed by atoms with Crippen molar-refractivity contribution in [3.05, 3.63) is 22.3 Å². The molecule has 11 nitrogen and oxygen atoms in total. The summed E-state index contributed by atoms with van der Waals surface area (Å²) >= 11 is 1.49. The molecule has 0 spiro atoms. The maximum atomic E-state index is 12.9. The molecule has 3 rings (SSSR count). The summed E-state index contributed by atoms with van der Waals surface area (Å²) in [6.45, 7) is 4.19. The largest absolute Gasteiger partial charge is 0.483 e. The number of aromatic nitrogens is 4. The van der Waals surface area contributed by atoms with Gasteiger partial charge in [-0.3, -0.25) is 19.3 Å². The number of likely N-dealkylation sites (tertiary alicyclic amines) is 1. The summed E-state index contributed by atoms with van der Waals surface area (Å²) in [7, 11) is 3.40. The predicted octanol–water partition coefficient (Wildman–Crippen LogP) is 0.797. The number of amides is 1. The van der Waals surface area contributed by atoms with E-state index in [4.69, 9.17) is 14.6 Å². The van der Waals surface area contributed by atoms with Crippen molar-refractivity contribution in [1.82, 2.24) is 30.4 Å². The summed E-state index contributed by atoms with van der Waals surface area (Å²) in [5, 5.41) is 21.9. The summed E-state index contributed by atoms with van der Waals surface area (Å²) in [4.78, 5) is 36.0. The van der Waals surface area contributed by atoms with Gasteiger partial charge in [-0.2, -0.15) is 4.68 Å². The van der Waals surface area contributed by atoms with Crippen molar-refractivity contribution in [2.75, 3.05) is 20.7 Å². The standard InChI is InChI=1S/C17H24N6O3S.CH2O2/c1-10-11(2)27-17(23-9-19-20-21-23)15(10)16(25)18-8-13-6-5-12(22(13)3)7-14(24)26-4;2-1-3/h9,12-13H,5-8H2,1-4H3,(H,18,25);1H,(H,2,3)/t12-,13+;/m1./s1. The number of carbonyl (C=O) groups is 3. The van der Waals surface area contributed by atoms with Crippen LogP contribution in [-0.4, -0.2) is 81.3 Å². The molecule has 0 aromatic carbocycles. The molecule has 0 bridgehead atoms. The lowest BCUT2D eigenvalue weighted by molar-refractivity contribution is -0.141. The molecule has 1 aliphatic rings. The van der Waals surface area contributed by atoms with Crippen molar-refractivity contribution in [3.63, 3.8) is 0 Å². The Morgan fingerprint density at radius 3 is 2.63 bits per heavy atom. The lowest BCUT2D eigenvalue weighted by atomic mass is 10.1. The van der Waals surface area contributed by atoms with Crippen molar-refractivity contribution in [1.29, 1.82) is 0 Å². The molecule has 0 saturated carbocycles. The third-order valence-corrected chi connectivity index (χ3v) is 6.46. The summed E-state index contributed by atoms with van der Waals surface area (Å²) in [5.41, 5.74) is 1.54. The molecule has 3 heterocycles. The van der Waals surface area contributed by atoms with Crippen molar-refractivity contribution in [3.8, 4) is 5.00 Å². The first-order valence-electron chi connectivity index (χ1n) is 9.32. The van der Waals surface area contributed by atoms with Crippen LogP contribution >= 0.6 is 11.3 Å². The van der Waals surface area contributed by atoms with Crippen molar-refractivity contribution < 1.29 is 24.2 Å². The molecule has 30 heavy (non-hydrogen) atoms. The van der Waals surface area contributed by atoms with Crippen molar-refractivity contribution >= 4 is 29.7 Å². The van der Waals surface area contributed by atoms with Crippen LogP contribution in [0.25, 0.3) is 5.00 Å². The van der Waals surface area contributed by atoms with E-state index in [1.165, 1.54) is 29.5 Å². The van der Waals surface area contributed by atoms with Gasteiger partial charge in [0.05, 0.1) is 19.1 Å². The molecule has 0 unspecified atom stereocenters. The van der Waals surface area contributed by atoms with Crippen LogP contribution in [0.3, 0.4) is 0 Å². The van der Waals surface area contributed by atoms with E-state index in [0.29, 0.717) is 18.5 Å². The molecule has 164 valence electrons. The number of ether oxygens (including phenoxy) is 1. The Morgan fingerprint density at radius 2 is 2.03 bits per heavy atom. The monoisotopic (exact) mass is 438 g/mol. The van der Waals surface area contributed by atoms with Crippen LogP contribution in [0.2, 0.25) is 0 Å². The lowest BCUT2D eigenvalue weighted by Crippen LogP contribution is -2.41. The number of carboxylic acid groups (broad SMARTS) is 1. The average molecular weight is 439 g/mol. The number of hydrogen-bond donors (Lipinski definition) is 2. The highest BCUT2D eigenvalue weighted by Gasteiger charge is 2.32. The first kappa shape index (κ1) is 23.4. The van der Waals surface area contributed by atoms with E-state index in [1.807, 2.05) is 20.9 Å². The summed E-state index contributed by atoms with van der Waals surface area (Å²) in [6, 6.07) is 0.349. The number of nitrogens with zero attached hydrogens (tertiary/aromatic N) is 5. The minimum Gasteiger partial charge on any atom is -0.483 e. The Kier molecular flexibility index (Phi) is 8.42. The summed E-state index contributed by atoms with van der Waals surface area (Å²) in [5.74, 6) is -0.334. The van der Waals surface area contributed by atoms with Gasteiger partial charge >= 0.3 is 5.97 Å². The van der Waals surface area contributed by atoms with Crippen molar-refractivity contribution in [2.24, 2.45) is 0 Å². The topological polar surface area (TPSA) is 140 Å². The van der Waals surface area contributed by atoms with Crippen LogP contribution in [0, 0.1) is 13.8 Å². The zero-order chi connectivity index (χ0) is 22.3. The van der Waals surface area contributed by atoms with Crippen LogP contribution in [0.4, 0.5) is 0 Å². The molecule has 2 atom stereocenters. The predicted molar refractivity (Wildman–Crippen MR) is 109 cm³/mol. The molecule has 0 radical (unpaired) electrons. The Bertz CT molecular complexity index is 869. The quantitative estimate of drug-likeness (QED) is 0.495. The molecule has 1 aliphatic heterocycles. The molecule has 2 aromatic rings. The van der Waals surface area contributed by atoms with Gasteiger partial charge in [0.1, 0.15) is 11.3 Å². The Labute approximate surface area is 178 Å². The van der Waals surface area contributed by atoms with Gasteiger partial charge in [-0.25, -0.2) is 0 Å². The number of thiophene rings is 1. The zero-order valence-corrected chi connectivity index (χ0v) is 18.2. The van der Waals surface area contributed by atoms with Gasteiger partial charge in [0.15, 0.2) is 0 Å². The number of nitrogens with one attached hydrogen (secondary N) is 1. The SMILES string of the molecule is COC(=O)C[C@H]1CC[C@@H](CNC(=O)c2c(-n3cnnn3)sc(C)c2C)N1C.O=CO. The smallest absolute Gasteiger partial charge is 0.307 e. The van der Waals surface area contributed by atoms with Crippen molar-refractivity contribution in [2.45, 2.75) is 45.2 Å². The third-order valence-electron chi connectivity index (χ3n) is 5.26. The van der Waals surface area contributed by atoms with Gasteiger partial charge in [-0.1, -0.05) is 0 Å². The fourth-order valence-corrected chi connectivity index (χ4v) is 4.52. The van der Waals surface area contributed by atoms with Gasteiger partial charge in [0.25, 0.3) is 12.4 Å². The third kappa shape index (κ3) is 5.39. The molecule has 12 heteroatoms. The highest BCUT2D eigenvalue weighted by atomic mass is 32.1. The maximum absolute atomic E-state index is 12.9. The summed E-state index contributed by atoms with van der Waals surface area (Å²) in [6.07, 6.45) is 3.71. The summed E-state index contributed by atoms with van der Waals surface area (Å²) < 4.78 is 6.28. The average Bonchev–Trinajstić information content (AvgIpc) is 3.43. The van der Waals surface area contributed by atoms with Crippen LogP contribution in [-0.2, 0) is 14.3 Å². The molecule has 0 aliphatic carbocycles. The van der Waals surface area contributed by atoms with Gasteiger partial charge in [-0.05, 0) is 49.7 Å². The second-order valence-corrected chi connectivity index (χ2v) is 8.07. The van der Waals surface area contributed by atoms with Crippen LogP contribution in [0.1, 0.15) is 40.1 Å². The Balaban J connectivity index is 0.00000101. The van der Waals surface area contributed by atoms with Crippen LogP contribution in [0.15, 0.2) is 6.33 Å². The van der Waals surface area contributed by atoms with Gasteiger partial charge < -0.3 is 15.2 Å². The number of rotatable bonds is 6. The zero-order valence-electron chi connectivity index (χ0n) is 17.4. The lowest BCUT2D eigenvalue weighted by Gasteiger charge is -2.25. The number of tetrazole rings is 1. The number of hydrogen-bond acceptors (Lipinski definition) is 9. The molecular weight excluding hydrogens is 412 g/mol. The minimum absolute atomic E-state index is 0.132. The maximum Gasteiger partial charge on any atom is 0.307 e. The molecule has 2 aromatic heterocycles. The normalized spacial score (nSPS) is 18.4. The van der Waals surface area contributed by atoms with E-state index >= 15 is 0 Å². The van der Waals surface area contributed by atoms with Gasteiger partial charge in [0, 0.05) is 23.5 Å². The number of aryl methyl sites for hydroxylation is 1. The highest BCUT2D eigenvalue weighted by molar-refractivity contribution is 7.15. The van der Waals surface area contributed by atoms with Crippen LogP contribution < -0.4 is 5.32 Å². The first-order chi connectivity index (χ1) is 14.3. The van der Waals surface area contributed by atoms with E-state index in [0.717, 1.165) is 28.3 Å². The van der Waals surface area contributed by atoms with E-state index < -0.39 is 0 Å². The van der Waals surface area contributed by atoms with E-state index in [9.17, 15) is 9.59 Å². The Morgan fingerprint density at radius 1 is 1.37 bits per heavy atom.